The van der Waals surface area contributed by atoms with Gasteiger partial charge in [0.25, 0.3) is 5.56 Å². The molecule has 0 unspecified atom stereocenters. The largest absolute Gasteiger partial charge is 0.478 e. The molecular weight excluding hydrogens is 272 g/mol. The fourth-order valence-corrected chi connectivity index (χ4v) is 2.30. The van der Waals surface area contributed by atoms with Crippen molar-refractivity contribution < 1.29 is 14.7 Å². The fourth-order valence-electron chi connectivity index (χ4n) is 2.30. The topological polar surface area (TPSA) is 102 Å². The predicted molar refractivity (Wildman–Crippen MR) is 77.0 cm³/mol. The third-order valence-electron chi connectivity index (χ3n) is 3.28. The molecule has 1 heterocycles. The van der Waals surface area contributed by atoms with E-state index < -0.39 is 11.9 Å². The number of rotatable bonds is 3. The van der Waals surface area contributed by atoms with Crippen LogP contribution in [0.15, 0.2) is 35.1 Å². The van der Waals surface area contributed by atoms with Crippen molar-refractivity contribution in [2.24, 2.45) is 5.73 Å². The maximum Gasteiger partial charge on any atom is 0.337 e. The van der Waals surface area contributed by atoms with E-state index in [1.807, 2.05) is 0 Å². The highest BCUT2D eigenvalue weighted by molar-refractivity contribution is 5.93. The molecule has 6 heteroatoms. The highest BCUT2D eigenvalue weighted by Gasteiger charge is 2.16. The van der Waals surface area contributed by atoms with Gasteiger partial charge in [0, 0.05) is 23.0 Å². The molecule has 0 atom stereocenters. The maximum atomic E-state index is 12.1. The Morgan fingerprint density at radius 1 is 1.14 bits per heavy atom. The van der Waals surface area contributed by atoms with Gasteiger partial charge in [-0.15, -0.1) is 0 Å². The molecule has 1 aromatic heterocycles. The first-order valence-corrected chi connectivity index (χ1v) is 6.19. The Balaban J connectivity index is 2.69. The Labute approximate surface area is 120 Å². The van der Waals surface area contributed by atoms with Crippen LogP contribution in [-0.2, 0) is 0 Å². The van der Waals surface area contributed by atoms with Gasteiger partial charge < -0.3 is 10.8 Å². The molecule has 0 aliphatic heterocycles. The zero-order chi connectivity index (χ0) is 15.7. The van der Waals surface area contributed by atoms with Gasteiger partial charge in [-0.1, -0.05) is 0 Å². The van der Waals surface area contributed by atoms with Crippen molar-refractivity contribution in [3.63, 3.8) is 0 Å². The van der Waals surface area contributed by atoms with Crippen molar-refractivity contribution in [3.8, 4) is 5.69 Å². The summed E-state index contributed by atoms with van der Waals surface area (Å²) in [6, 6.07) is 7.36. The number of hydrogen-bond acceptors (Lipinski definition) is 3. The molecule has 0 aliphatic rings. The first-order chi connectivity index (χ1) is 9.82. The van der Waals surface area contributed by atoms with Crippen LogP contribution in [0.25, 0.3) is 5.69 Å². The lowest BCUT2D eigenvalue weighted by Gasteiger charge is -2.14. The van der Waals surface area contributed by atoms with Gasteiger partial charge >= 0.3 is 5.97 Å². The van der Waals surface area contributed by atoms with Crippen LogP contribution in [0.1, 0.15) is 32.0 Å². The zero-order valence-corrected chi connectivity index (χ0v) is 11.6. The minimum Gasteiger partial charge on any atom is -0.478 e. The van der Waals surface area contributed by atoms with Crippen LogP contribution in [0, 0.1) is 13.8 Å². The number of aromatic carboxylic acids is 1. The minimum atomic E-state index is -1.09. The summed E-state index contributed by atoms with van der Waals surface area (Å²) in [6.07, 6.45) is 0. The summed E-state index contributed by atoms with van der Waals surface area (Å²) in [5, 5.41) is 9.25. The Hall–Kier alpha value is -2.89. The molecule has 0 bridgehead atoms. The summed E-state index contributed by atoms with van der Waals surface area (Å²) >= 11 is 0. The summed E-state index contributed by atoms with van der Waals surface area (Å²) in [5.41, 5.74) is 6.46. The number of primary amides is 1. The van der Waals surface area contributed by atoms with Gasteiger partial charge in [-0.2, -0.15) is 0 Å². The summed E-state index contributed by atoms with van der Waals surface area (Å²) < 4.78 is 1.29. The Morgan fingerprint density at radius 2 is 1.71 bits per heavy atom. The van der Waals surface area contributed by atoms with Gasteiger partial charge in [-0.3, -0.25) is 14.2 Å². The molecule has 108 valence electrons. The maximum absolute atomic E-state index is 12.1. The smallest absolute Gasteiger partial charge is 0.337 e. The minimum absolute atomic E-state index is 0.0913. The van der Waals surface area contributed by atoms with Gasteiger partial charge in [0.05, 0.1) is 5.56 Å². The van der Waals surface area contributed by atoms with Crippen molar-refractivity contribution >= 4 is 11.9 Å². The number of carboxylic acid groups (broad SMARTS) is 1. The molecule has 1 amide bonds. The number of benzene rings is 1. The van der Waals surface area contributed by atoms with Gasteiger partial charge in [0.1, 0.15) is 0 Å². The van der Waals surface area contributed by atoms with E-state index in [0.717, 1.165) is 0 Å². The van der Waals surface area contributed by atoms with E-state index in [-0.39, 0.29) is 11.1 Å². The van der Waals surface area contributed by atoms with Crippen LogP contribution in [0.4, 0.5) is 0 Å². The Bertz CT molecular complexity index is 789. The van der Waals surface area contributed by atoms with E-state index in [1.54, 1.807) is 26.0 Å². The first-order valence-electron chi connectivity index (χ1n) is 6.19. The molecular formula is C15H14N2O4. The Morgan fingerprint density at radius 3 is 2.19 bits per heavy atom. The molecule has 0 saturated heterocycles. The van der Waals surface area contributed by atoms with Crippen LogP contribution in [0.5, 0.6) is 0 Å². The summed E-state index contributed by atoms with van der Waals surface area (Å²) in [5.74, 6) is -1.66. The number of carbonyl (C=O) groups excluding carboxylic acids is 1. The molecule has 0 aliphatic carbocycles. The number of hydrogen-bond donors (Lipinski definition) is 2. The fraction of sp³-hybridized carbons (Fsp3) is 0.133. The van der Waals surface area contributed by atoms with Crippen LogP contribution < -0.4 is 11.3 Å². The monoisotopic (exact) mass is 286 g/mol. The number of aryl methyl sites for hydroxylation is 1. The number of nitrogens with two attached hydrogens (primary N) is 1. The van der Waals surface area contributed by atoms with E-state index in [0.29, 0.717) is 22.5 Å². The lowest BCUT2D eigenvalue weighted by atomic mass is 10.1. The lowest BCUT2D eigenvalue weighted by molar-refractivity contribution is 0.0694. The summed E-state index contributed by atoms with van der Waals surface area (Å²) in [4.78, 5) is 34.5. The van der Waals surface area contributed by atoms with E-state index in [9.17, 15) is 19.5 Å². The average molecular weight is 286 g/mol. The van der Waals surface area contributed by atoms with Gasteiger partial charge in [0.2, 0.25) is 5.91 Å². The van der Waals surface area contributed by atoms with Crippen molar-refractivity contribution in [2.75, 3.05) is 0 Å². The average Bonchev–Trinajstić information content (AvgIpc) is 2.38. The van der Waals surface area contributed by atoms with Gasteiger partial charge in [-0.25, -0.2) is 4.79 Å². The predicted octanol–water partition coefficient (Wildman–Crippen LogP) is 1.25. The van der Waals surface area contributed by atoms with E-state index >= 15 is 0 Å². The summed E-state index contributed by atoms with van der Waals surface area (Å²) in [6.45, 7) is 3.15. The molecule has 1 aromatic carbocycles. The highest BCUT2D eigenvalue weighted by atomic mass is 16.4. The number of carbonyl (C=O) groups is 2. The van der Waals surface area contributed by atoms with E-state index in [4.69, 9.17) is 5.73 Å². The van der Waals surface area contributed by atoms with Crippen LogP contribution in [-0.4, -0.2) is 21.6 Å². The third-order valence-corrected chi connectivity index (χ3v) is 3.28. The number of aromatic nitrogens is 1. The second kappa shape index (κ2) is 5.24. The molecule has 0 radical (unpaired) electrons. The highest BCUT2D eigenvalue weighted by Crippen LogP contribution is 2.16. The van der Waals surface area contributed by atoms with E-state index in [2.05, 4.69) is 0 Å². The number of nitrogens with zero attached hydrogens (tertiary/aromatic N) is 1. The SMILES string of the molecule is Cc1cc(=O)n(-c2ccc(C(N)=O)cc2)c(C)c1C(=O)O. The quantitative estimate of drug-likeness (QED) is 0.886. The first kappa shape index (κ1) is 14.5. The molecule has 21 heavy (non-hydrogen) atoms. The van der Waals surface area contributed by atoms with Gasteiger partial charge in [0.15, 0.2) is 0 Å². The second-order valence-electron chi connectivity index (χ2n) is 4.68. The van der Waals surface area contributed by atoms with Crippen molar-refractivity contribution in [1.82, 2.24) is 4.57 Å². The molecule has 0 fully saturated rings. The summed E-state index contributed by atoms with van der Waals surface area (Å²) in [7, 11) is 0. The van der Waals surface area contributed by atoms with Crippen LogP contribution in [0.3, 0.4) is 0 Å². The molecule has 0 spiro atoms. The van der Waals surface area contributed by atoms with Crippen LogP contribution in [0.2, 0.25) is 0 Å². The number of amides is 1. The van der Waals surface area contributed by atoms with Gasteiger partial charge in [-0.05, 0) is 43.7 Å². The molecule has 0 saturated carbocycles. The standard InChI is InChI=1S/C15H14N2O4/c1-8-7-12(18)17(9(2)13(8)15(20)21)11-5-3-10(4-6-11)14(16)19/h3-7H,1-2H3,(H2,16,19)(H,20,21). The van der Waals surface area contributed by atoms with Crippen molar-refractivity contribution in [1.29, 1.82) is 0 Å². The van der Waals surface area contributed by atoms with Crippen molar-refractivity contribution in [3.05, 3.63) is 63.1 Å². The van der Waals surface area contributed by atoms with Crippen LogP contribution >= 0.6 is 0 Å². The number of pyridine rings is 1. The zero-order valence-electron chi connectivity index (χ0n) is 11.6. The van der Waals surface area contributed by atoms with Crippen molar-refractivity contribution in [2.45, 2.75) is 13.8 Å². The molecule has 2 rings (SSSR count). The lowest BCUT2D eigenvalue weighted by Crippen LogP contribution is -2.24. The molecule has 3 N–H and O–H groups in total. The second-order valence-corrected chi connectivity index (χ2v) is 4.68. The molecule has 6 nitrogen and oxygen atoms in total. The number of carboxylic acids is 1. The Kier molecular flexibility index (Phi) is 3.62. The third kappa shape index (κ3) is 2.55. The molecule has 2 aromatic rings. The van der Waals surface area contributed by atoms with E-state index in [1.165, 1.54) is 22.8 Å². The normalized spacial score (nSPS) is 10.4.